The van der Waals surface area contributed by atoms with Crippen molar-refractivity contribution in [3.05, 3.63) is 83.4 Å². The smallest absolute Gasteiger partial charge is 0.304 e. The molecule has 2 aromatic carbocycles. The van der Waals surface area contributed by atoms with Crippen LogP contribution in [0, 0.1) is 17.6 Å². The van der Waals surface area contributed by atoms with Crippen molar-refractivity contribution in [3.8, 4) is 28.3 Å². The van der Waals surface area contributed by atoms with Crippen molar-refractivity contribution < 1.29 is 28.2 Å². The summed E-state index contributed by atoms with van der Waals surface area (Å²) in [4.78, 5) is 34.5. The maximum atomic E-state index is 14.9. The fourth-order valence-electron chi connectivity index (χ4n) is 4.01. The first kappa shape index (κ1) is 25.9. The lowest BCUT2D eigenvalue weighted by Crippen LogP contribution is -2.35. The average Bonchev–Trinajstić information content (AvgIpc) is 3.38. The van der Waals surface area contributed by atoms with Gasteiger partial charge < -0.3 is 9.84 Å². The molecule has 0 unspecified atom stereocenters. The SMILES string of the molecule is COc1ncc(-c2c(F)cccc2-c2csc(N(C)C(=O)[C@@H](CC(=O)O)Cc3ccccc3)n2)cc1F. The van der Waals surface area contributed by atoms with Crippen LogP contribution in [0.4, 0.5) is 13.9 Å². The predicted octanol–water partition coefficient (Wildman–Crippen LogP) is 5.46. The molecule has 37 heavy (non-hydrogen) atoms. The quantitative estimate of drug-likeness (QED) is 0.313. The standard InChI is InChI=1S/C27H23F2N3O4S/c1-32(26(35)17(13-23(33)34)11-16-7-4-3-5-8-16)27-31-22(15-37-27)19-9-6-10-20(28)24(19)18-12-21(29)25(36-2)30-14-18/h3-10,12,14-15,17H,11,13H2,1-2H3,(H,33,34)/t17-/m1/s1. The Morgan fingerprint density at radius 1 is 1.11 bits per heavy atom. The summed E-state index contributed by atoms with van der Waals surface area (Å²) >= 11 is 1.16. The van der Waals surface area contributed by atoms with Crippen LogP contribution in [0.1, 0.15) is 12.0 Å². The molecule has 0 spiro atoms. The Labute approximate surface area is 216 Å². The third-order valence-corrected chi connectivity index (χ3v) is 6.70. The first-order valence-electron chi connectivity index (χ1n) is 11.3. The number of nitrogens with zero attached hydrogens (tertiary/aromatic N) is 3. The second-order valence-electron chi connectivity index (χ2n) is 8.27. The summed E-state index contributed by atoms with van der Waals surface area (Å²) in [6, 6.07) is 14.7. The Bertz CT molecular complexity index is 1430. The number of halogens is 2. The van der Waals surface area contributed by atoms with Gasteiger partial charge in [0.1, 0.15) is 5.82 Å². The average molecular weight is 524 g/mol. The number of pyridine rings is 1. The van der Waals surface area contributed by atoms with E-state index in [9.17, 15) is 23.5 Å². The molecular formula is C27H23F2N3O4S. The molecule has 0 bridgehead atoms. The Balaban J connectivity index is 1.64. The molecule has 0 saturated carbocycles. The Hall–Kier alpha value is -4.18. The maximum absolute atomic E-state index is 14.9. The van der Waals surface area contributed by atoms with Crippen molar-refractivity contribution in [1.82, 2.24) is 9.97 Å². The van der Waals surface area contributed by atoms with E-state index in [-0.39, 0.29) is 29.8 Å². The largest absolute Gasteiger partial charge is 0.481 e. The number of carbonyl (C=O) groups excluding carboxylic acids is 1. The predicted molar refractivity (Wildman–Crippen MR) is 137 cm³/mol. The molecule has 190 valence electrons. The van der Waals surface area contributed by atoms with Gasteiger partial charge in [0, 0.05) is 35.3 Å². The zero-order chi connectivity index (χ0) is 26.5. The Morgan fingerprint density at radius 2 is 1.86 bits per heavy atom. The molecule has 0 saturated heterocycles. The number of carboxylic acid groups (broad SMARTS) is 1. The van der Waals surface area contributed by atoms with Crippen LogP contribution in [-0.4, -0.2) is 41.1 Å². The third-order valence-electron chi connectivity index (χ3n) is 5.78. The van der Waals surface area contributed by atoms with Gasteiger partial charge in [-0.25, -0.2) is 18.7 Å². The number of hydrogen-bond acceptors (Lipinski definition) is 6. The van der Waals surface area contributed by atoms with E-state index in [2.05, 4.69) is 9.97 Å². The van der Waals surface area contributed by atoms with Gasteiger partial charge >= 0.3 is 5.97 Å². The molecule has 4 aromatic rings. The Morgan fingerprint density at radius 3 is 2.54 bits per heavy atom. The molecule has 4 rings (SSSR count). The number of rotatable bonds is 9. The van der Waals surface area contributed by atoms with Gasteiger partial charge in [-0.1, -0.05) is 42.5 Å². The molecule has 0 fully saturated rings. The highest BCUT2D eigenvalue weighted by atomic mass is 32.1. The van der Waals surface area contributed by atoms with Crippen molar-refractivity contribution in [2.75, 3.05) is 19.1 Å². The molecule has 10 heteroatoms. The van der Waals surface area contributed by atoms with Gasteiger partial charge in [0.25, 0.3) is 0 Å². The van der Waals surface area contributed by atoms with Crippen LogP contribution in [-0.2, 0) is 16.0 Å². The number of aliphatic carboxylic acids is 1. The monoisotopic (exact) mass is 523 g/mol. The first-order valence-corrected chi connectivity index (χ1v) is 12.1. The van der Waals surface area contributed by atoms with Crippen molar-refractivity contribution in [2.45, 2.75) is 12.8 Å². The van der Waals surface area contributed by atoms with Gasteiger partial charge in [-0.05, 0) is 24.1 Å². The number of carbonyl (C=O) groups is 2. The van der Waals surface area contributed by atoms with Crippen LogP contribution in [0.5, 0.6) is 5.88 Å². The minimum atomic E-state index is -1.08. The number of aromatic nitrogens is 2. The zero-order valence-corrected chi connectivity index (χ0v) is 20.8. The van der Waals surface area contributed by atoms with Gasteiger partial charge in [0.15, 0.2) is 10.9 Å². The molecule has 0 aliphatic rings. The van der Waals surface area contributed by atoms with Crippen molar-refractivity contribution >= 4 is 28.3 Å². The number of amides is 1. The molecule has 7 nitrogen and oxygen atoms in total. The summed E-state index contributed by atoms with van der Waals surface area (Å²) in [5.74, 6) is -3.80. The van der Waals surface area contributed by atoms with Crippen LogP contribution in [0.25, 0.3) is 22.4 Å². The van der Waals surface area contributed by atoms with Crippen molar-refractivity contribution in [3.63, 3.8) is 0 Å². The van der Waals surface area contributed by atoms with Gasteiger partial charge in [0.2, 0.25) is 11.8 Å². The molecule has 0 radical (unpaired) electrons. The van der Waals surface area contributed by atoms with E-state index in [0.29, 0.717) is 16.4 Å². The molecule has 2 heterocycles. The molecule has 1 atom stereocenters. The maximum Gasteiger partial charge on any atom is 0.304 e. The molecule has 0 aliphatic heterocycles. The second-order valence-corrected chi connectivity index (χ2v) is 9.11. The minimum absolute atomic E-state index is 0.107. The van der Waals surface area contributed by atoms with E-state index in [0.717, 1.165) is 23.0 Å². The normalized spacial score (nSPS) is 11.7. The van der Waals surface area contributed by atoms with Gasteiger partial charge in [-0.3, -0.25) is 14.5 Å². The topological polar surface area (TPSA) is 92.6 Å². The first-order chi connectivity index (χ1) is 17.8. The number of benzene rings is 2. The van der Waals surface area contributed by atoms with Crippen molar-refractivity contribution in [2.24, 2.45) is 5.92 Å². The van der Waals surface area contributed by atoms with E-state index in [1.54, 1.807) is 11.4 Å². The van der Waals surface area contributed by atoms with E-state index < -0.39 is 29.4 Å². The number of ether oxygens (including phenoxy) is 1. The van der Waals surface area contributed by atoms with E-state index >= 15 is 0 Å². The highest BCUT2D eigenvalue weighted by Crippen LogP contribution is 2.37. The molecule has 2 aromatic heterocycles. The summed E-state index contributed by atoms with van der Waals surface area (Å²) in [5, 5.41) is 11.4. The fourth-order valence-corrected chi connectivity index (χ4v) is 4.81. The third kappa shape index (κ3) is 5.80. The van der Waals surface area contributed by atoms with Gasteiger partial charge in [-0.15, -0.1) is 11.3 Å². The summed E-state index contributed by atoms with van der Waals surface area (Å²) in [5.41, 5.74) is 1.93. The van der Waals surface area contributed by atoms with Crippen LogP contribution in [0.2, 0.25) is 0 Å². The van der Waals surface area contributed by atoms with Crippen molar-refractivity contribution in [1.29, 1.82) is 0 Å². The lowest BCUT2D eigenvalue weighted by Gasteiger charge is -2.21. The van der Waals surface area contributed by atoms with Crippen LogP contribution in [0.3, 0.4) is 0 Å². The molecule has 1 N–H and O–H groups in total. The highest BCUT2D eigenvalue weighted by molar-refractivity contribution is 7.14. The van der Waals surface area contributed by atoms with E-state index in [1.807, 2.05) is 30.3 Å². The minimum Gasteiger partial charge on any atom is -0.481 e. The van der Waals surface area contributed by atoms with Gasteiger partial charge in [0.05, 0.1) is 25.1 Å². The number of thiazole rings is 1. The van der Waals surface area contributed by atoms with Crippen LogP contribution in [0.15, 0.2) is 66.2 Å². The molecular weight excluding hydrogens is 500 g/mol. The highest BCUT2D eigenvalue weighted by Gasteiger charge is 2.28. The summed E-state index contributed by atoms with van der Waals surface area (Å²) in [7, 11) is 2.81. The molecule has 0 aliphatic carbocycles. The molecule has 1 amide bonds. The Kier molecular flexibility index (Phi) is 7.88. The van der Waals surface area contributed by atoms with Crippen LogP contribution >= 0.6 is 11.3 Å². The fraction of sp³-hybridized carbons (Fsp3) is 0.185. The second kappa shape index (κ2) is 11.3. The van der Waals surface area contributed by atoms with E-state index in [4.69, 9.17) is 4.74 Å². The number of carboxylic acids is 1. The van der Waals surface area contributed by atoms with E-state index in [1.165, 1.54) is 37.4 Å². The lowest BCUT2D eigenvalue weighted by molar-refractivity contribution is -0.140. The lowest BCUT2D eigenvalue weighted by atomic mass is 9.95. The summed E-state index contributed by atoms with van der Waals surface area (Å²) < 4.78 is 34.1. The number of methoxy groups -OCH3 is 1. The number of anilines is 1. The summed E-state index contributed by atoms with van der Waals surface area (Å²) in [6.45, 7) is 0. The summed E-state index contributed by atoms with van der Waals surface area (Å²) in [6.07, 6.45) is 1.24. The van der Waals surface area contributed by atoms with Crippen LogP contribution < -0.4 is 9.64 Å². The number of hydrogen-bond donors (Lipinski definition) is 1. The zero-order valence-electron chi connectivity index (χ0n) is 20.0. The van der Waals surface area contributed by atoms with Gasteiger partial charge in [-0.2, -0.15) is 0 Å².